The third-order valence-electron chi connectivity index (χ3n) is 3.97. The molecule has 3 rings (SSSR count). The van der Waals surface area contributed by atoms with Crippen LogP contribution in [-0.2, 0) is 17.8 Å². The number of para-hydroxylation sites is 1. The number of ether oxygens (including phenoxy) is 1. The van der Waals surface area contributed by atoms with E-state index in [1.807, 2.05) is 56.4 Å². The summed E-state index contributed by atoms with van der Waals surface area (Å²) in [4.78, 5) is 18.7. The highest BCUT2D eigenvalue weighted by atomic mass is 32.1. The number of carbonyl (C=O) groups is 1. The van der Waals surface area contributed by atoms with E-state index in [1.165, 1.54) is 4.70 Å². The fourth-order valence-electron chi connectivity index (χ4n) is 2.65. The molecule has 5 heteroatoms. The number of carbonyl (C=O) groups excluding carboxylic acids is 1. The summed E-state index contributed by atoms with van der Waals surface area (Å²) in [6.45, 7) is 3.22. The summed E-state index contributed by atoms with van der Waals surface area (Å²) in [5, 5.41) is 1.02. The molecule has 0 N–H and O–H groups in total. The summed E-state index contributed by atoms with van der Waals surface area (Å²) in [6.07, 6.45) is 1.17. The van der Waals surface area contributed by atoms with Crippen LogP contribution in [0, 0.1) is 0 Å². The number of benzene rings is 2. The highest BCUT2D eigenvalue weighted by Gasteiger charge is 2.11. The van der Waals surface area contributed by atoms with E-state index in [0.717, 1.165) is 21.8 Å². The van der Waals surface area contributed by atoms with E-state index in [4.69, 9.17) is 4.74 Å². The van der Waals surface area contributed by atoms with Gasteiger partial charge in [0.15, 0.2) is 0 Å². The SMILES string of the molecule is CCOc1ccc(CN(C)C(=O)CCc2nc3ccccc3s2)cc1. The number of fused-ring (bicyclic) bond motifs is 1. The van der Waals surface area contributed by atoms with Gasteiger partial charge in [0, 0.05) is 26.4 Å². The van der Waals surface area contributed by atoms with Crippen LogP contribution in [0.3, 0.4) is 0 Å². The Kier molecular flexibility index (Phi) is 5.66. The summed E-state index contributed by atoms with van der Waals surface area (Å²) in [5.74, 6) is 0.990. The molecule has 0 aliphatic carbocycles. The fraction of sp³-hybridized carbons (Fsp3) is 0.300. The first kappa shape index (κ1) is 17.4. The number of thiazole rings is 1. The van der Waals surface area contributed by atoms with Crippen molar-refractivity contribution in [2.24, 2.45) is 0 Å². The lowest BCUT2D eigenvalue weighted by molar-refractivity contribution is -0.130. The zero-order valence-electron chi connectivity index (χ0n) is 14.6. The van der Waals surface area contributed by atoms with Gasteiger partial charge in [-0.25, -0.2) is 4.98 Å². The molecular formula is C20H22N2O2S. The number of hydrogen-bond donors (Lipinski definition) is 0. The molecule has 0 bridgehead atoms. The van der Waals surface area contributed by atoms with Crippen molar-refractivity contribution >= 4 is 27.5 Å². The number of aryl methyl sites for hydroxylation is 1. The highest BCUT2D eigenvalue weighted by molar-refractivity contribution is 7.18. The standard InChI is InChI=1S/C20H22N2O2S/c1-3-24-16-10-8-15(9-11-16)14-22(2)20(23)13-12-19-21-17-6-4-5-7-18(17)25-19/h4-11H,3,12-14H2,1-2H3. The van der Waals surface area contributed by atoms with E-state index in [0.29, 0.717) is 26.0 Å². The Morgan fingerprint density at radius 2 is 1.92 bits per heavy atom. The zero-order valence-corrected chi connectivity index (χ0v) is 15.4. The lowest BCUT2D eigenvalue weighted by atomic mass is 10.2. The van der Waals surface area contributed by atoms with Crippen molar-refractivity contribution in [1.82, 2.24) is 9.88 Å². The number of rotatable bonds is 7. The van der Waals surface area contributed by atoms with Crippen LogP contribution in [0.1, 0.15) is 23.9 Å². The maximum absolute atomic E-state index is 12.4. The average molecular weight is 354 g/mol. The molecule has 2 aromatic carbocycles. The highest BCUT2D eigenvalue weighted by Crippen LogP contribution is 2.22. The Balaban J connectivity index is 1.53. The zero-order chi connectivity index (χ0) is 17.6. The minimum atomic E-state index is 0.133. The van der Waals surface area contributed by atoms with Gasteiger partial charge in [-0.15, -0.1) is 11.3 Å². The van der Waals surface area contributed by atoms with Gasteiger partial charge in [-0.1, -0.05) is 24.3 Å². The number of amides is 1. The van der Waals surface area contributed by atoms with Crippen LogP contribution in [0.4, 0.5) is 0 Å². The number of nitrogens with zero attached hydrogens (tertiary/aromatic N) is 2. The van der Waals surface area contributed by atoms with Gasteiger partial charge in [-0.05, 0) is 36.8 Å². The quantitative estimate of drug-likeness (QED) is 0.636. The minimum absolute atomic E-state index is 0.133. The van der Waals surface area contributed by atoms with Gasteiger partial charge in [0.2, 0.25) is 5.91 Å². The van der Waals surface area contributed by atoms with Crippen molar-refractivity contribution in [2.75, 3.05) is 13.7 Å². The molecule has 0 atom stereocenters. The smallest absolute Gasteiger partial charge is 0.223 e. The van der Waals surface area contributed by atoms with Gasteiger partial charge in [0.25, 0.3) is 0 Å². The molecule has 0 aliphatic rings. The first-order chi connectivity index (χ1) is 12.2. The van der Waals surface area contributed by atoms with Gasteiger partial charge in [0.1, 0.15) is 5.75 Å². The van der Waals surface area contributed by atoms with Crippen LogP contribution in [0.5, 0.6) is 5.75 Å². The van der Waals surface area contributed by atoms with Gasteiger partial charge < -0.3 is 9.64 Å². The molecule has 25 heavy (non-hydrogen) atoms. The lowest BCUT2D eigenvalue weighted by Gasteiger charge is -2.17. The maximum Gasteiger partial charge on any atom is 0.223 e. The molecule has 4 nitrogen and oxygen atoms in total. The van der Waals surface area contributed by atoms with Crippen molar-refractivity contribution in [3.8, 4) is 5.75 Å². The predicted octanol–water partition coefficient (Wildman–Crippen LogP) is 4.29. The topological polar surface area (TPSA) is 42.4 Å². The Labute approximate surface area is 152 Å². The molecule has 130 valence electrons. The number of aromatic nitrogens is 1. The molecular weight excluding hydrogens is 332 g/mol. The van der Waals surface area contributed by atoms with Crippen molar-refractivity contribution in [1.29, 1.82) is 0 Å². The third kappa shape index (κ3) is 4.57. The van der Waals surface area contributed by atoms with Gasteiger partial charge in [0.05, 0.1) is 21.8 Å². The Bertz CT molecular complexity index is 809. The van der Waals surface area contributed by atoms with Crippen molar-refractivity contribution in [3.05, 3.63) is 59.1 Å². The molecule has 0 fully saturated rings. The van der Waals surface area contributed by atoms with E-state index >= 15 is 0 Å². The van der Waals surface area contributed by atoms with Crippen molar-refractivity contribution in [3.63, 3.8) is 0 Å². The molecule has 0 aliphatic heterocycles. The van der Waals surface area contributed by atoms with Crippen molar-refractivity contribution in [2.45, 2.75) is 26.3 Å². The van der Waals surface area contributed by atoms with E-state index in [1.54, 1.807) is 16.2 Å². The molecule has 1 amide bonds. The Morgan fingerprint density at radius 1 is 1.16 bits per heavy atom. The second kappa shape index (κ2) is 8.12. The third-order valence-corrected chi connectivity index (χ3v) is 5.07. The number of hydrogen-bond acceptors (Lipinski definition) is 4. The normalized spacial score (nSPS) is 10.8. The minimum Gasteiger partial charge on any atom is -0.494 e. The molecule has 0 spiro atoms. The second-order valence-electron chi connectivity index (χ2n) is 5.90. The van der Waals surface area contributed by atoms with Crippen LogP contribution >= 0.6 is 11.3 Å². The summed E-state index contributed by atoms with van der Waals surface area (Å²) in [5.41, 5.74) is 2.11. The van der Waals surface area contributed by atoms with Crippen LogP contribution in [-0.4, -0.2) is 29.4 Å². The molecule has 0 unspecified atom stereocenters. The van der Waals surface area contributed by atoms with Crippen LogP contribution < -0.4 is 4.74 Å². The molecule has 0 saturated heterocycles. The lowest BCUT2D eigenvalue weighted by Crippen LogP contribution is -2.26. The van der Waals surface area contributed by atoms with E-state index < -0.39 is 0 Å². The van der Waals surface area contributed by atoms with Gasteiger partial charge >= 0.3 is 0 Å². The van der Waals surface area contributed by atoms with Crippen LogP contribution in [0.25, 0.3) is 10.2 Å². The molecule has 3 aromatic rings. The largest absolute Gasteiger partial charge is 0.494 e. The summed E-state index contributed by atoms with van der Waals surface area (Å²) in [6, 6.07) is 16.0. The maximum atomic E-state index is 12.4. The first-order valence-corrected chi connectivity index (χ1v) is 9.27. The first-order valence-electron chi connectivity index (χ1n) is 8.46. The Hall–Kier alpha value is -2.40. The molecule has 0 radical (unpaired) electrons. The monoisotopic (exact) mass is 354 g/mol. The van der Waals surface area contributed by atoms with E-state index in [-0.39, 0.29) is 5.91 Å². The summed E-state index contributed by atoms with van der Waals surface area (Å²) >= 11 is 1.67. The predicted molar refractivity (Wildman–Crippen MR) is 102 cm³/mol. The van der Waals surface area contributed by atoms with E-state index in [2.05, 4.69) is 11.1 Å². The molecule has 0 saturated carbocycles. The van der Waals surface area contributed by atoms with Crippen molar-refractivity contribution < 1.29 is 9.53 Å². The van der Waals surface area contributed by atoms with E-state index in [9.17, 15) is 4.79 Å². The molecule has 1 aromatic heterocycles. The second-order valence-corrected chi connectivity index (χ2v) is 7.02. The van der Waals surface area contributed by atoms with Gasteiger partial charge in [-0.3, -0.25) is 4.79 Å². The molecule has 1 heterocycles. The Morgan fingerprint density at radius 3 is 2.64 bits per heavy atom. The fourth-order valence-corrected chi connectivity index (χ4v) is 3.62. The average Bonchev–Trinajstić information content (AvgIpc) is 3.04. The van der Waals surface area contributed by atoms with Crippen LogP contribution in [0.15, 0.2) is 48.5 Å². The van der Waals surface area contributed by atoms with Crippen LogP contribution in [0.2, 0.25) is 0 Å². The summed E-state index contributed by atoms with van der Waals surface area (Å²) < 4.78 is 6.61. The van der Waals surface area contributed by atoms with Gasteiger partial charge in [-0.2, -0.15) is 0 Å². The summed E-state index contributed by atoms with van der Waals surface area (Å²) in [7, 11) is 1.84.